The Morgan fingerprint density at radius 2 is 1.86 bits per heavy atom. The molecule has 3 rings (SSSR count). The molecule has 7 nitrogen and oxygen atoms in total. The van der Waals surface area contributed by atoms with Crippen LogP contribution in [0.1, 0.15) is 45.7 Å². The fraction of sp³-hybridized carbons (Fsp3) is 0.273. The number of esters is 1. The van der Waals surface area contributed by atoms with Gasteiger partial charge in [0.05, 0.1) is 13.0 Å². The van der Waals surface area contributed by atoms with Crippen molar-refractivity contribution in [3.05, 3.63) is 64.7 Å². The van der Waals surface area contributed by atoms with Gasteiger partial charge in [-0.15, -0.1) is 0 Å². The molecule has 0 fully saturated rings. The SMILES string of the molecule is CCOc1ccc(C(C)=O)cc1COC(=O)CN1C(=O)Cc2ccccc2C1=O. The van der Waals surface area contributed by atoms with Crippen LogP contribution in [0.2, 0.25) is 0 Å². The first-order valence-corrected chi connectivity index (χ1v) is 9.25. The Morgan fingerprint density at radius 1 is 1.10 bits per heavy atom. The number of rotatable bonds is 7. The maximum Gasteiger partial charge on any atom is 0.326 e. The van der Waals surface area contributed by atoms with Crippen LogP contribution in [-0.2, 0) is 27.4 Å². The molecule has 1 aliphatic rings. The maximum absolute atomic E-state index is 12.5. The molecule has 150 valence electrons. The number of benzene rings is 2. The lowest BCUT2D eigenvalue weighted by Gasteiger charge is -2.25. The highest BCUT2D eigenvalue weighted by Crippen LogP contribution is 2.23. The number of imide groups is 1. The molecule has 29 heavy (non-hydrogen) atoms. The van der Waals surface area contributed by atoms with Crippen molar-refractivity contribution < 1.29 is 28.7 Å². The van der Waals surface area contributed by atoms with Crippen LogP contribution in [0.4, 0.5) is 0 Å². The lowest BCUT2D eigenvalue weighted by Crippen LogP contribution is -2.45. The van der Waals surface area contributed by atoms with E-state index in [0.29, 0.717) is 34.6 Å². The van der Waals surface area contributed by atoms with Crippen molar-refractivity contribution in [1.29, 1.82) is 0 Å². The Kier molecular flexibility index (Phi) is 6.07. The van der Waals surface area contributed by atoms with Crippen molar-refractivity contribution in [2.45, 2.75) is 26.9 Å². The Bertz CT molecular complexity index is 981. The average molecular weight is 395 g/mol. The standard InChI is InChI=1S/C22H21NO6/c1-3-28-19-9-8-15(14(2)24)10-17(19)13-29-21(26)12-23-20(25)11-16-6-4-5-7-18(16)22(23)27/h4-10H,3,11-13H2,1-2H3. The highest BCUT2D eigenvalue weighted by atomic mass is 16.5. The lowest BCUT2D eigenvalue weighted by atomic mass is 9.98. The molecule has 0 aliphatic carbocycles. The van der Waals surface area contributed by atoms with E-state index in [-0.39, 0.29) is 18.8 Å². The van der Waals surface area contributed by atoms with Crippen molar-refractivity contribution in [1.82, 2.24) is 4.90 Å². The number of amides is 2. The summed E-state index contributed by atoms with van der Waals surface area (Å²) in [6, 6.07) is 11.7. The van der Waals surface area contributed by atoms with E-state index in [1.54, 1.807) is 42.5 Å². The van der Waals surface area contributed by atoms with E-state index in [1.807, 2.05) is 6.92 Å². The predicted octanol–water partition coefficient (Wildman–Crippen LogP) is 2.56. The van der Waals surface area contributed by atoms with Gasteiger partial charge in [0.15, 0.2) is 5.78 Å². The van der Waals surface area contributed by atoms with Gasteiger partial charge in [-0.1, -0.05) is 18.2 Å². The second-order valence-corrected chi connectivity index (χ2v) is 6.59. The molecule has 0 radical (unpaired) electrons. The second kappa shape index (κ2) is 8.68. The normalized spacial score (nSPS) is 13.1. The molecule has 2 amide bonds. The molecule has 0 aromatic heterocycles. The lowest BCUT2D eigenvalue weighted by molar-refractivity contribution is -0.149. The first kappa shape index (κ1) is 20.3. The van der Waals surface area contributed by atoms with E-state index >= 15 is 0 Å². The summed E-state index contributed by atoms with van der Waals surface area (Å²) in [5, 5.41) is 0. The molecule has 0 N–H and O–H groups in total. The molecule has 7 heteroatoms. The zero-order chi connectivity index (χ0) is 21.0. The van der Waals surface area contributed by atoms with Gasteiger partial charge in [-0.05, 0) is 43.7 Å². The fourth-order valence-corrected chi connectivity index (χ4v) is 3.10. The summed E-state index contributed by atoms with van der Waals surface area (Å²) in [4.78, 5) is 49.6. The van der Waals surface area contributed by atoms with Crippen LogP contribution in [0.5, 0.6) is 5.75 Å². The zero-order valence-electron chi connectivity index (χ0n) is 16.3. The van der Waals surface area contributed by atoms with Gasteiger partial charge in [0.25, 0.3) is 5.91 Å². The van der Waals surface area contributed by atoms with E-state index in [1.165, 1.54) is 6.92 Å². The highest BCUT2D eigenvalue weighted by Gasteiger charge is 2.32. The smallest absolute Gasteiger partial charge is 0.326 e. The van der Waals surface area contributed by atoms with Crippen LogP contribution in [0.25, 0.3) is 0 Å². The van der Waals surface area contributed by atoms with Crippen LogP contribution in [0, 0.1) is 0 Å². The van der Waals surface area contributed by atoms with Gasteiger partial charge >= 0.3 is 5.97 Å². The van der Waals surface area contributed by atoms with Crippen LogP contribution >= 0.6 is 0 Å². The number of hydrogen-bond acceptors (Lipinski definition) is 6. The summed E-state index contributed by atoms with van der Waals surface area (Å²) in [6.45, 7) is 3.07. The molecule has 2 aromatic carbocycles. The summed E-state index contributed by atoms with van der Waals surface area (Å²) in [5.41, 5.74) is 2.06. The van der Waals surface area contributed by atoms with Crippen molar-refractivity contribution in [2.75, 3.05) is 13.2 Å². The number of hydrogen-bond donors (Lipinski definition) is 0. The third-order valence-corrected chi connectivity index (χ3v) is 4.58. The third-order valence-electron chi connectivity index (χ3n) is 4.58. The van der Waals surface area contributed by atoms with Gasteiger partial charge in [-0.2, -0.15) is 0 Å². The largest absolute Gasteiger partial charge is 0.493 e. The summed E-state index contributed by atoms with van der Waals surface area (Å²) in [6.07, 6.45) is 0.0599. The van der Waals surface area contributed by atoms with E-state index in [9.17, 15) is 19.2 Å². The summed E-state index contributed by atoms with van der Waals surface area (Å²) < 4.78 is 10.8. The topological polar surface area (TPSA) is 90.0 Å². The van der Waals surface area contributed by atoms with Crippen LogP contribution < -0.4 is 4.74 Å². The Balaban J connectivity index is 1.69. The summed E-state index contributed by atoms with van der Waals surface area (Å²) in [5.74, 6) is -1.29. The Hall–Kier alpha value is -3.48. The molecule has 0 spiro atoms. The molecule has 0 saturated heterocycles. The predicted molar refractivity (Wildman–Crippen MR) is 104 cm³/mol. The number of carbonyl (C=O) groups excluding carboxylic acids is 4. The van der Waals surface area contributed by atoms with Crippen LogP contribution in [0.3, 0.4) is 0 Å². The van der Waals surface area contributed by atoms with E-state index in [0.717, 1.165) is 4.90 Å². The van der Waals surface area contributed by atoms with Crippen molar-refractivity contribution in [2.24, 2.45) is 0 Å². The van der Waals surface area contributed by atoms with Gasteiger partial charge in [0, 0.05) is 16.7 Å². The molecule has 1 heterocycles. The number of fused-ring (bicyclic) bond motifs is 1. The number of Topliss-reactive ketones (excluding diaryl/α,β-unsaturated/α-hetero) is 1. The number of ether oxygens (including phenoxy) is 2. The minimum Gasteiger partial charge on any atom is -0.493 e. The van der Waals surface area contributed by atoms with E-state index in [4.69, 9.17) is 9.47 Å². The molecule has 0 saturated carbocycles. The second-order valence-electron chi connectivity index (χ2n) is 6.59. The monoisotopic (exact) mass is 395 g/mol. The summed E-state index contributed by atoms with van der Waals surface area (Å²) >= 11 is 0. The maximum atomic E-state index is 12.5. The molecular weight excluding hydrogens is 374 g/mol. The molecular formula is C22H21NO6. The van der Waals surface area contributed by atoms with Crippen molar-refractivity contribution in [3.63, 3.8) is 0 Å². The Morgan fingerprint density at radius 3 is 2.59 bits per heavy atom. The van der Waals surface area contributed by atoms with Crippen molar-refractivity contribution in [3.8, 4) is 5.75 Å². The Labute approximate surface area is 168 Å². The molecule has 0 atom stereocenters. The van der Waals surface area contributed by atoms with Crippen molar-refractivity contribution >= 4 is 23.6 Å². The van der Waals surface area contributed by atoms with Gasteiger partial charge in [0.1, 0.15) is 18.9 Å². The zero-order valence-corrected chi connectivity index (χ0v) is 16.3. The fourth-order valence-electron chi connectivity index (χ4n) is 3.10. The first-order chi connectivity index (χ1) is 13.9. The van der Waals surface area contributed by atoms with Crippen LogP contribution in [0.15, 0.2) is 42.5 Å². The average Bonchev–Trinajstić information content (AvgIpc) is 2.70. The minimum atomic E-state index is -0.721. The van der Waals surface area contributed by atoms with Gasteiger partial charge in [-0.3, -0.25) is 24.1 Å². The van der Waals surface area contributed by atoms with Gasteiger partial charge in [0.2, 0.25) is 5.91 Å². The van der Waals surface area contributed by atoms with Gasteiger partial charge in [-0.25, -0.2) is 0 Å². The molecule has 1 aliphatic heterocycles. The highest BCUT2D eigenvalue weighted by molar-refractivity contribution is 6.11. The number of nitrogens with zero attached hydrogens (tertiary/aromatic N) is 1. The molecule has 0 unspecified atom stereocenters. The molecule has 0 bridgehead atoms. The van der Waals surface area contributed by atoms with Gasteiger partial charge < -0.3 is 9.47 Å². The number of carbonyl (C=O) groups is 4. The summed E-state index contributed by atoms with van der Waals surface area (Å²) in [7, 11) is 0. The quantitative estimate of drug-likeness (QED) is 0.407. The first-order valence-electron chi connectivity index (χ1n) is 9.25. The van der Waals surface area contributed by atoms with E-state index < -0.39 is 24.3 Å². The molecule has 2 aromatic rings. The number of ketones is 1. The van der Waals surface area contributed by atoms with E-state index in [2.05, 4.69) is 0 Å². The minimum absolute atomic E-state index is 0.0599. The third kappa shape index (κ3) is 4.51. The van der Waals surface area contributed by atoms with Crippen LogP contribution in [-0.4, -0.2) is 41.6 Å².